The third-order valence-electron chi connectivity index (χ3n) is 1.56. The lowest BCUT2D eigenvalue weighted by atomic mass is 10.1. The third kappa shape index (κ3) is 1.21. The number of nitriles is 1. The van der Waals surface area contributed by atoms with E-state index in [1.54, 1.807) is 13.0 Å². The van der Waals surface area contributed by atoms with E-state index in [4.69, 9.17) is 22.0 Å². The highest BCUT2D eigenvalue weighted by atomic mass is 35.5. The molecule has 0 bridgehead atoms. The maximum Gasteiger partial charge on any atom is 0.169 e. The van der Waals surface area contributed by atoms with Crippen molar-refractivity contribution < 1.29 is 9.50 Å². The van der Waals surface area contributed by atoms with Gasteiger partial charge in [-0.3, -0.25) is 0 Å². The van der Waals surface area contributed by atoms with Gasteiger partial charge in [0.05, 0.1) is 0 Å². The predicted molar refractivity (Wildman–Crippen MR) is 42.5 cm³/mol. The topological polar surface area (TPSA) is 44.0 Å². The van der Waals surface area contributed by atoms with Gasteiger partial charge >= 0.3 is 0 Å². The van der Waals surface area contributed by atoms with Gasteiger partial charge in [-0.15, -0.1) is 0 Å². The van der Waals surface area contributed by atoms with Crippen LogP contribution in [-0.4, -0.2) is 5.11 Å². The van der Waals surface area contributed by atoms with Crippen molar-refractivity contribution in [3.63, 3.8) is 0 Å². The summed E-state index contributed by atoms with van der Waals surface area (Å²) < 4.78 is 12.7. The molecule has 62 valence electrons. The Bertz CT molecular complexity index is 344. The Labute approximate surface area is 73.8 Å². The Morgan fingerprint density at radius 3 is 2.75 bits per heavy atom. The van der Waals surface area contributed by atoms with Crippen LogP contribution < -0.4 is 0 Å². The highest BCUT2D eigenvalue weighted by Gasteiger charge is 2.12. The molecule has 0 saturated heterocycles. The number of hydrogen-bond donors (Lipinski definition) is 1. The zero-order valence-electron chi connectivity index (χ0n) is 6.23. The fourth-order valence-electron chi connectivity index (χ4n) is 0.841. The molecule has 0 radical (unpaired) electrons. The quantitative estimate of drug-likeness (QED) is 0.674. The number of rotatable bonds is 0. The van der Waals surface area contributed by atoms with Crippen LogP contribution in [-0.2, 0) is 0 Å². The molecule has 0 spiro atoms. The van der Waals surface area contributed by atoms with Gasteiger partial charge in [0.15, 0.2) is 11.6 Å². The molecular formula is C8H5ClFNO. The number of aromatic hydroxyl groups is 1. The summed E-state index contributed by atoms with van der Waals surface area (Å²) in [7, 11) is 0. The Balaban J connectivity index is 3.56. The summed E-state index contributed by atoms with van der Waals surface area (Å²) >= 11 is 5.57. The number of halogens is 2. The molecule has 0 amide bonds. The van der Waals surface area contributed by atoms with Crippen LogP contribution in [0.25, 0.3) is 0 Å². The average molecular weight is 186 g/mol. The van der Waals surface area contributed by atoms with Crippen molar-refractivity contribution in [2.75, 3.05) is 0 Å². The van der Waals surface area contributed by atoms with E-state index in [1.165, 1.54) is 0 Å². The van der Waals surface area contributed by atoms with E-state index in [0.717, 1.165) is 6.07 Å². The van der Waals surface area contributed by atoms with Crippen LogP contribution >= 0.6 is 11.6 Å². The summed E-state index contributed by atoms with van der Waals surface area (Å²) in [6.07, 6.45) is 0. The van der Waals surface area contributed by atoms with Crippen LogP contribution in [0.15, 0.2) is 6.07 Å². The first-order valence-electron chi connectivity index (χ1n) is 3.15. The second kappa shape index (κ2) is 3.00. The molecule has 0 aliphatic carbocycles. The Morgan fingerprint density at radius 2 is 2.25 bits per heavy atom. The van der Waals surface area contributed by atoms with Gasteiger partial charge < -0.3 is 5.11 Å². The van der Waals surface area contributed by atoms with Gasteiger partial charge in [0.1, 0.15) is 11.6 Å². The molecule has 2 nitrogen and oxygen atoms in total. The van der Waals surface area contributed by atoms with Gasteiger partial charge in [-0.2, -0.15) is 5.26 Å². The van der Waals surface area contributed by atoms with Crippen LogP contribution in [0.4, 0.5) is 4.39 Å². The summed E-state index contributed by atoms with van der Waals surface area (Å²) in [6.45, 7) is 1.54. The lowest BCUT2D eigenvalue weighted by Gasteiger charge is -2.03. The van der Waals surface area contributed by atoms with Crippen molar-refractivity contribution in [3.8, 4) is 11.8 Å². The van der Waals surface area contributed by atoms with Crippen LogP contribution in [0.1, 0.15) is 11.1 Å². The van der Waals surface area contributed by atoms with E-state index >= 15 is 0 Å². The number of benzene rings is 1. The van der Waals surface area contributed by atoms with E-state index in [0.29, 0.717) is 5.56 Å². The van der Waals surface area contributed by atoms with Crippen LogP contribution in [0, 0.1) is 24.1 Å². The van der Waals surface area contributed by atoms with Crippen molar-refractivity contribution in [1.29, 1.82) is 5.26 Å². The second-order valence-electron chi connectivity index (χ2n) is 2.30. The van der Waals surface area contributed by atoms with Gasteiger partial charge in [-0.25, -0.2) is 4.39 Å². The molecule has 1 aromatic carbocycles. The zero-order valence-corrected chi connectivity index (χ0v) is 6.98. The van der Waals surface area contributed by atoms with Crippen molar-refractivity contribution >= 4 is 11.6 Å². The van der Waals surface area contributed by atoms with Crippen molar-refractivity contribution in [1.82, 2.24) is 0 Å². The van der Waals surface area contributed by atoms with Crippen molar-refractivity contribution in [2.24, 2.45) is 0 Å². The largest absolute Gasteiger partial charge is 0.504 e. The maximum absolute atomic E-state index is 12.7. The van der Waals surface area contributed by atoms with Crippen LogP contribution in [0.3, 0.4) is 0 Å². The van der Waals surface area contributed by atoms with Crippen LogP contribution in [0.5, 0.6) is 5.75 Å². The lowest BCUT2D eigenvalue weighted by molar-refractivity contribution is 0.430. The fourth-order valence-corrected chi connectivity index (χ4v) is 1.03. The number of nitrogens with zero attached hydrogens (tertiary/aromatic N) is 1. The first kappa shape index (κ1) is 8.82. The number of phenolic OH excluding ortho intramolecular Hbond substituents is 1. The summed E-state index contributed by atoms with van der Waals surface area (Å²) in [5, 5.41) is 17.7. The smallest absolute Gasteiger partial charge is 0.169 e. The summed E-state index contributed by atoms with van der Waals surface area (Å²) in [6, 6.07) is 2.65. The third-order valence-corrected chi connectivity index (χ3v) is 1.95. The number of phenols is 1. The van der Waals surface area contributed by atoms with E-state index < -0.39 is 11.6 Å². The zero-order chi connectivity index (χ0) is 9.30. The summed E-state index contributed by atoms with van der Waals surface area (Å²) in [5.74, 6) is -1.51. The molecule has 1 rings (SSSR count). The molecule has 0 saturated carbocycles. The van der Waals surface area contributed by atoms with Gasteiger partial charge in [0.25, 0.3) is 0 Å². The molecule has 0 aromatic heterocycles. The molecule has 0 unspecified atom stereocenters. The molecular weight excluding hydrogens is 181 g/mol. The number of hydrogen-bond acceptors (Lipinski definition) is 2. The van der Waals surface area contributed by atoms with Gasteiger partial charge in [0.2, 0.25) is 0 Å². The molecule has 1 N–H and O–H groups in total. The lowest BCUT2D eigenvalue weighted by Crippen LogP contribution is -1.88. The molecule has 1 aromatic rings. The SMILES string of the molecule is Cc1c(Cl)cc(F)c(O)c1C#N. The predicted octanol–water partition coefficient (Wildman–Crippen LogP) is 2.36. The minimum absolute atomic E-state index is 0.111. The van der Waals surface area contributed by atoms with Gasteiger partial charge in [0, 0.05) is 5.02 Å². The Hall–Kier alpha value is -1.27. The second-order valence-corrected chi connectivity index (χ2v) is 2.71. The highest BCUT2D eigenvalue weighted by Crippen LogP contribution is 2.29. The first-order valence-corrected chi connectivity index (χ1v) is 3.53. The molecule has 4 heteroatoms. The van der Waals surface area contributed by atoms with Gasteiger partial charge in [-0.05, 0) is 18.6 Å². The molecule has 0 fully saturated rings. The maximum atomic E-state index is 12.7. The monoisotopic (exact) mass is 185 g/mol. The van der Waals surface area contributed by atoms with E-state index in [9.17, 15) is 4.39 Å². The molecule has 12 heavy (non-hydrogen) atoms. The molecule has 0 atom stereocenters. The Kier molecular flexibility index (Phi) is 2.20. The molecule has 0 heterocycles. The molecule has 0 aliphatic rings. The summed E-state index contributed by atoms with van der Waals surface area (Å²) in [5.41, 5.74) is 0.276. The Morgan fingerprint density at radius 1 is 1.67 bits per heavy atom. The molecule has 0 aliphatic heterocycles. The van der Waals surface area contributed by atoms with E-state index in [-0.39, 0.29) is 10.6 Å². The highest BCUT2D eigenvalue weighted by molar-refractivity contribution is 6.31. The van der Waals surface area contributed by atoms with Crippen molar-refractivity contribution in [2.45, 2.75) is 6.92 Å². The standard InChI is InChI=1S/C8H5ClFNO/c1-4-5(3-11)8(12)7(10)2-6(4)9/h2,12H,1H3. The van der Waals surface area contributed by atoms with Crippen molar-refractivity contribution in [3.05, 3.63) is 28.0 Å². The average Bonchev–Trinajstić information content (AvgIpc) is 2.02. The van der Waals surface area contributed by atoms with Crippen LogP contribution in [0.2, 0.25) is 5.02 Å². The normalized spacial score (nSPS) is 9.50. The summed E-state index contributed by atoms with van der Waals surface area (Å²) in [4.78, 5) is 0. The van der Waals surface area contributed by atoms with E-state index in [1.807, 2.05) is 0 Å². The minimum Gasteiger partial charge on any atom is -0.504 e. The minimum atomic E-state index is -0.873. The first-order chi connectivity index (χ1) is 5.57. The van der Waals surface area contributed by atoms with E-state index in [2.05, 4.69) is 0 Å². The fraction of sp³-hybridized carbons (Fsp3) is 0.125. The van der Waals surface area contributed by atoms with Gasteiger partial charge in [-0.1, -0.05) is 11.6 Å².